The van der Waals surface area contributed by atoms with Gasteiger partial charge >= 0.3 is 0 Å². The molecule has 0 aromatic carbocycles. The molecule has 0 amide bonds. The molecule has 0 radical (unpaired) electrons. The molecule has 0 aliphatic heterocycles. The quantitative estimate of drug-likeness (QED) is 0.570. The van der Waals surface area contributed by atoms with Gasteiger partial charge in [0, 0.05) is 18.6 Å². The summed E-state index contributed by atoms with van der Waals surface area (Å²) in [4.78, 5) is 8.02. The average Bonchev–Trinajstić information content (AvgIpc) is 1.91. The molecule has 1 atom stereocenters. The van der Waals surface area contributed by atoms with Gasteiger partial charge in [0.25, 0.3) is 0 Å². The van der Waals surface area contributed by atoms with E-state index in [4.69, 9.17) is 0 Å². The van der Waals surface area contributed by atoms with Crippen molar-refractivity contribution in [1.82, 2.24) is 9.97 Å². The van der Waals surface area contributed by atoms with Crippen molar-refractivity contribution >= 4 is 9.24 Å². The van der Waals surface area contributed by atoms with Gasteiger partial charge in [-0.1, -0.05) is 0 Å². The molecule has 0 saturated heterocycles. The zero-order valence-corrected chi connectivity index (χ0v) is 6.27. The number of rotatable bonds is 2. The summed E-state index contributed by atoms with van der Waals surface area (Å²) in [5.74, 6) is 0. The van der Waals surface area contributed by atoms with Crippen LogP contribution < -0.4 is 0 Å². The van der Waals surface area contributed by atoms with E-state index in [0.717, 1.165) is 18.3 Å². The van der Waals surface area contributed by atoms with Gasteiger partial charge in [0.1, 0.15) is 0 Å². The number of nitrogens with zero attached hydrogens (tertiary/aromatic N) is 2. The number of hydrogen-bond donors (Lipinski definition) is 0. The molecule has 0 fully saturated rings. The summed E-state index contributed by atoms with van der Waals surface area (Å²) in [7, 11) is 2.66. The summed E-state index contributed by atoms with van der Waals surface area (Å²) in [6.07, 6.45) is 7.25. The molecule has 1 unspecified atom stereocenters. The standard InChI is InChI=1S/C6H9N2P/c9-4-1-6-5-7-2-3-8-6/h2-3,5H,1,4,9H2. The van der Waals surface area contributed by atoms with Crippen molar-refractivity contribution < 1.29 is 0 Å². The molecule has 9 heavy (non-hydrogen) atoms. The summed E-state index contributed by atoms with van der Waals surface area (Å²) in [6, 6.07) is 0. The zero-order chi connectivity index (χ0) is 6.53. The second kappa shape index (κ2) is 3.52. The van der Waals surface area contributed by atoms with E-state index in [1.165, 1.54) is 0 Å². The Labute approximate surface area is 56.9 Å². The minimum Gasteiger partial charge on any atom is -0.261 e. The van der Waals surface area contributed by atoms with E-state index in [1.807, 2.05) is 0 Å². The first-order valence-electron chi connectivity index (χ1n) is 2.88. The Bertz CT molecular complexity index is 164. The molecule has 0 N–H and O–H groups in total. The van der Waals surface area contributed by atoms with Crippen LogP contribution in [-0.4, -0.2) is 16.1 Å². The van der Waals surface area contributed by atoms with E-state index >= 15 is 0 Å². The van der Waals surface area contributed by atoms with Gasteiger partial charge in [0.05, 0.1) is 5.69 Å². The summed E-state index contributed by atoms with van der Waals surface area (Å²) >= 11 is 0. The molecule has 0 saturated carbocycles. The predicted molar refractivity (Wildman–Crippen MR) is 40.3 cm³/mol. The predicted octanol–water partition coefficient (Wildman–Crippen LogP) is 0.894. The minimum absolute atomic E-state index is 0.999. The van der Waals surface area contributed by atoms with Crippen molar-refractivity contribution in [2.45, 2.75) is 6.42 Å². The Balaban J connectivity index is 2.61. The molecule has 0 aliphatic carbocycles. The maximum Gasteiger partial charge on any atom is 0.0589 e. The Kier molecular flexibility index (Phi) is 2.59. The Hall–Kier alpha value is -0.490. The van der Waals surface area contributed by atoms with Crippen LogP contribution in [0.2, 0.25) is 0 Å². The smallest absolute Gasteiger partial charge is 0.0589 e. The van der Waals surface area contributed by atoms with Gasteiger partial charge in [0.15, 0.2) is 0 Å². The summed E-state index contributed by atoms with van der Waals surface area (Å²) in [5, 5.41) is 0. The van der Waals surface area contributed by atoms with Gasteiger partial charge in [-0.2, -0.15) is 0 Å². The highest BCUT2D eigenvalue weighted by molar-refractivity contribution is 7.16. The van der Waals surface area contributed by atoms with Crippen LogP contribution >= 0.6 is 9.24 Å². The fourth-order valence-corrected chi connectivity index (χ4v) is 0.903. The van der Waals surface area contributed by atoms with Crippen LogP contribution in [0, 0.1) is 0 Å². The lowest BCUT2D eigenvalue weighted by atomic mass is 10.4. The van der Waals surface area contributed by atoms with E-state index in [2.05, 4.69) is 19.2 Å². The van der Waals surface area contributed by atoms with Crippen molar-refractivity contribution in [3.8, 4) is 0 Å². The Morgan fingerprint density at radius 3 is 2.89 bits per heavy atom. The first kappa shape index (κ1) is 6.63. The van der Waals surface area contributed by atoms with Crippen molar-refractivity contribution in [1.29, 1.82) is 0 Å². The number of aryl methyl sites for hydroxylation is 1. The van der Waals surface area contributed by atoms with Crippen molar-refractivity contribution in [3.05, 3.63) is 24.3 Å². The van der Waals surface area contributed by atoms with Gasteiger partial charge in [0.2, 0.25) is 0 Å². The van der Waals surface area contributed by atoms with Crippen LogP contribution in [0.15, 0.2) is 18.6 Å². The van der Waals surface area contributed by atoms with Crippen molar-refractivity contribution in [3.63, 3.8) is 0 Å². The fraction of sp³-hybridized carbons (Fsp3) is 0.333. The first-order valence-corrected chi connectivity index (χ1v) is 3.70. The van der Waals surface area contributed by atoms with E-state index in [0.29, 0.717) is 0 Å². The monoisotopic (exact) mass is 140 g/mol. The third-order valence-corrected chi connectivity index (χ3v) is 1.31. The van der Waals surface area contributed by atoms with Crippen molar-refractivity contribution in [2.75, 3.05) is 6.16 Å². The second-order valence-corrected chi connectivity index (χ2v) is 2.31. The second-order valence-electron chi connectivity index (χ2n) is 1.74. The third-order valence-electron chi connectivity index (χ3n) is 1.02. The summed E-state index contributed by atoms with van der Waals surface area (Å²) in [5.41, 5.74) is 1.06. The largest absolute Gasteiger partial charge is 0.261 e. The maximum absolute atomic E-state index is 4.09. The highest BCUT2D eigenvalue weighted by Crippen LogP contribution is 1.93. The topological polar surface area (TPSA) is 25.8 Å². The van der Waals surface area contributed by atoms with Gasteiger partial charge in [-0.3, -0.25) is 9.97 Å². The Morgan fingerprint density at radius 2 is 2.33 bits per heavy atom. The average molecular weight is 140 g/mol. The van der Waals surface area contributed by atoms with Crippen LogP contribution in [-0.2, 0) is 6.42 Å². The van der Waals surface area contributed by atoms with Crippen LogP contribution in [0.1, 0.15) is 5.69 Å². The molecule has 1 rings (SSSR count). The van der Waals surface area contributed by atoms with Crippen molar-refractivity contribution in [2.24, 2.45) is 0 Å². The number of hydrogen-bond acceptors (Lipinski definition) is 2. The van der Waals surface area contributed by atoms with Gasteiger partial charge in [-0.25, -0.2) is 0 Å². The SMILES string of the molecule is PCCc1cnccn1. The van der Waals surface area contributed by atoms with Gasteiger partial charge in [-0.15, -0.1) is 9.24 Å². The molecular weight excluding hydrogens is 131 g/mol. The van der Waals surface area contributed by atoms with Gasteiger partial charge in [-0.05, 0) is 12.6 Å². The third kappa shape index (κ3) is 2.06. The molecular formula is C6H9N2P. The molecule has 48 valence electrons. The molecule has 1 aromatic rings. The lowest BCUT2D eigenvalue weighted by Crippen LogP contribution is -1.89. The molecule has 0 bridgehead atoms. The van der Waals surface area contributed by atoms with E-state index < -0.39 is 0 Å². The van der Waals surface area contributed by atoms with E-state index in [-0.39, 0.29) is 0 Å². The first-order chi connectivity index (χ1) is 4.43. The minimum atomic E-state index is 0.999. The zero-order valence-electron chi connectivity index (χ0n) is 5.12. The molecule has 3 heteroatoms. The van der Waals surface area contributed by atoms with Crippen LogP contribution in [0.4, 0.5) is 0 Å². The molecule has 1 aromatic heterocycles. The summed E-state index contributed by atoms with van der Waals surface area (Å²) in [6.45, 7) is 0. The fourth-order valence-electron chi connectivity index (χ4n) is 0.607. The number of aromatic nitrogens is 2. The van der Waals surface area contributed by atoms with Gasteiger partial charge < -0.3 is 0 Å². The lowest BCUT2D eigenvalue weighted by molar-refractivity contribution is 1.01. The van der Waals surface area contributed by atoms with Crippen LogP contribution in [0.3, 0.4) is 0 Å². The Morgan fingerprint density at radius 1 is 1.44 bits per heavy atom. The van der Waals surface area contributed by atoms with E-state index in [9.17, 15) is 0 Å². The lowest BCUT2D eigenvalue weighted by Gasteiger charge is -1.91. The van der Waals surface area contributed by atoms with Crippen LogP contribution in [0.5, 0.6) is 0 Å². The highest BCUT2D eigenvalue weighted by atomic mass is 31.0. The molecule has 0 spiro atoms. The van der Waals surface area contributed by atoms with Crippen LogP contribution in [0.25, 0.3) is 0 Å². The molecule has 1 heterocycles. The summed E-state index contributed by atoms with van der Waals surface area (Å²) < 4.78 is 0. The highest BCUT2D eigenvalue weighted by Gasteiger charge is 1.87. The molecule has 0 aliphatic rings. The molecule has 2 nitrogen and oxygen atoms in total. The maximum atomic E-state index is 4.09. The normalized spacial score (nSPS) is 9.44. The van der Waals surface area contributed by atoms with E-state index in [1.54, 1.807) is 18.6 Å².